The molecule has 0 amide bonds. The maximum absolute atomic E-state index is 12.9. The summed E-state index contributed by atoms with van der Waals surface area (Å²) in [6.45, 7) is 0.412. The van der Waals surface area contributed by atoms with Gasteiger partial charge >= 0.3 is 12.1 Å². The van der Waals surface area contributed by atoms with Crippen molar-refractivity contribution >= 4 is 5.97 Å². The van der Waals surface area contributed by atoms with Gasteiger partial charge in [-0.15, -0.1) is 0 Å². The highest BCUT2D eigenvalue weighted by molar-refractivity contribution is 5.91. The summed E-state index contributed by atoms with van der Waals surface area (Å²) < 4.78 is 48.2. The van der Waals surface area contributed by atoms with Crippen molar-refractivity contribution in [2.75, 3.05) is 13.7 Å². The molecule has 1 aliphatic carbocycles. The number of ether oxygens (including phenoxy) is 2. The third-order valence-corrected chi connectivity index (χ3v) is 2.88. The van der Waals surface area contributed by atoms with Crippen molar-refractivity contribution in [2.45, 2.75) is 19.0 Å². The Hall–Kier alpha value is -1.72. The van der Waals surface area contributed by atoms with Crippen LogP contribution in [-0.2, 0) is 10.9 Å². The van der Waals surface area contributed by atoms with Crippen LogP contribution in [0.4, 0.5) is 13.2 Å². The topological polar surface area (TPSA) is 35.5 Å². The summed E-state index contributed by atoms with van der Waals surface area (Å²) in [5.41, 5.74) is -1.54. The second kappa shape index (κ2) is 5.11. The Morgan fingerprint density at radius 2 is 2.05 bits per heavy atom. The van der Waals surface area contributed by atoms with Gasteiger partial charge in [0.1, 0.15) is 5.75 Å². The van der Waals surface area contributed by atoms with E-state index in [-0.39, 0.29) is 5.75 Å². The molecular weight excluding hydrogens is 261 g/mol. The van der Waals surface area contributed by atoms with Gasteiger partial charge in [0.15, 0.2) is 0 Å². The molecule has 6 heteroatoms. The monoisotopic (exact) mass is 274 g/mol. The van der Waals surface area contributed by atoms with Crippen LogP contribution in [0.15, 0.2) is 18.2 Å². The quantitative estimate of drug-likeness (QED) is 0.790. The maximum atomic E-state index is 12.9. The highest BCUT2D eigenvalue weighted by atomic mass is 19.4. The minimum absolute atomic E-state index is 0.117. The Kier molecular flexibility index (Phi) is 3.68. The first-order chi connectivity index (χ1) is 8.91. The fourth-order valence-corrected chi connectivity index (χ4v) is 1.63. The average molecular weight is 274 g/mol. The van der Waals surface area contributed by atoms with Gasteiger partial charge in [0.25, 0.3) is 0 Å². The predicted molar refractivity (Wildman–Crippen MR) is 61.0 cm³/mol. The largest absolute Gasteiger partial charge is 0.493 e. The van der Waals surface area contributed by atoms with Crippen molar-refractivity contribution in [3.05, 3.63) is 29.3 Å². The molecule has 0 N–H and O–H groups in total. The van der Waals surface area contributed by atoms with Crippen LogP contribution >= 0.6 is 0 Å². The predicted octanol–water partition coefficient (Wildman–Crippen LogP) is 3.28. The minimum Gasteiger partial charge on any atom is -0.493 e. The van der Waals surface area contributed by atoms with E-state index in [1.54, 1.807) is 0 Å². The molecule has 1 fully saturated rings. The maximum Gasteiger partial charge on any atom is 0.417 e. The number of alkyl halides is 3. The Morgan fingerprint density at radius 1 is 1.37 bits per heavy atom. The van der Waals surface area contributed by atoms with Gasteiger partial charge in [-0.05, 0) is 37.0 Å². The lowest BCUT2D eigenvalue weighted by Crippen LogP contribution is -2.14. The first kappa shape index (κ1) is 13.7. The molecule has 0 bridgehead atoms. The van der Waals surface area contributed by atoms with E-state index in [0.29, 0.717) is 12.5 Å². The van der Waals surface area contributed by atoms with E-state index in [0.717, 1.165) is 32.1 Å². The summed E-state index contributed by atoms with van der Waals surface area (Å²) in [4.78, 5) is 11.3. The molecule has 1 saturated carbocycles. The summed E-state index contributed by atoms with van der Waals surface area (Å²) in [6, 6.07) is 3.27. The van der Waals surface area contributed by atoms with Crippen LogP contribution in [0.5, 0.6) is 5.75 Å². The molecule has 0 aliphatic heterocycles. The summed E-state index contributed by atoms with van der Waals surface area (Å²) >= 11 is 0. The number of rotatable bonds is 4. The molecule has 0 spiro atoms. The third kappa shape index (κ3) is 3.39. The van der Waals surface area contributed by atoms with E-state index in [4.69, 9.17) is 4.74 Å². The molecule has 0 unspecified atom stereocenters. The van der Waals surface area contributed by atoms with Gasteiger partial charge in [0.05, 0.1) is 24.8 Å². The SMILES string of the molecule is COC(=O)c1ccc(OCC2CC2)cc1C(F)(F)F. The molecule has 1 aromatic rings. The molecule has 2 rings (SSSR count). The van der Waals surface area contributed by atoms with Gasteiger partial charge in [-0.25, -0.2) is 4.79 Å². The molecule has 104 valence electrons. The van der Waals surface area contributed by atoms with Crippen molar-refractivity contribution in [3.8, 4) is 5.75 Å². The Bertz CT molecular complexity index is 479. The first-order valence-corrected chi connectivity index (χ1v) is 5.84. The number of hydrogen-bond donors (Lipinski definition) is 0. The van der Waals surface area contributed by atoms with Gasteiger partial charge in [0, 0.05) is 0 Å². The van der Waals surface area contributed by atoms with Crippen LogP contribution in [0.25, 0.3) is 0 Å². The Labute approximate surface area is 108 Å². The Balaban J connectivity index is 2.26. The highest BCUT2D eigenvalue weighted by Crippen LogP contribution is 2.35. The molecule has 0 aromatic heterocycles. The van der Waals surface area contributed by atoms with E-state index in [1.165, 1.54) is 6.07 Å². The van der Waals surface area contributed by atoms with E-state index in [2.05, 4.69) is 4.74 Å². The van der Waals surface area contributed by atoms with Crippen LogP contribution in [0.3, 0.4) is 0 Å². The summed E-state index contributed by atoms with van der Waals surface area (Å²) in [5, 5.41) is 0. The normalized spacial score (nSPS) is 15.2. The first-order valence-electron chi connectivity index (χ1n) is 5.84. The molecule has 0 heterocycles. The zero-order valence-electron chi connectivity index (χ0n) is 10.3. The zero-order valence-corrected chi connectivity index (χ0v) is 10.3. The zero-order chi connectivity index (χ0) is 14.0. The number of esters is 1. The van der Waals surface area contributed by atoms with E-state index < -0.39 is 23.3 Å². The van der Waals surface area contributed by atoms with Crippen molar-refractivity contribution in [2.24, 2.45) is 5.92 Å². The van der Waals surface area contributed by atoms with Crippen molar-refractivity contribution in [1.29, 1.82) is 0 Å². The van der Waals surface area contributed by atoms with Crippen LogP contribution in [0, 0.1) is 5.92 Å². The van der Waals surface area contributed by atoms with E-state index in [1.807, 2.05) is 0 Å². The van der Waals surface area contributed by atoms with Crippen LogP contribution in [-0.4, -0.2) is 19.7 Å². The van der Waals surface area contributed by atoms with Crippen LogP contribution in [0.1, 0.15) is 28.8 Å². The van der Waals surface area contributed by atoms with Crippen molar-refractivity contribution in [1.82, 2.24) is 0 Å². The molecule has 19 heavy (non-hydrogen) atoms. The number of hydrogen-bond acceptors (Lipinski definition) is 3. The van der Waals surface area contributed by atoms with Gasteiger partial charge < -0.3 is 9.47 Å². The third-order valence-electron chi connectivity index (χ3n) is 2.88. The highest BCUT2D eigenvalue weighted by Gasteiger charge is 2.36. The minimum atomic E-state index is -4.62. The van der Waals surface area contributed by atoms with Crippen LogP contribution < -0.4 is 4.74 Å². The van der Waals surface area contributed by atoms with E-state index in [9.17, 15) is 18.0 Å². The van der Waals surface area contributed by atoms with Gasteiger partial charge in [-0.2, -0.15) is 13.2 Å². The van der Waals surface area contributed by atoms with Crippen LogP contribution in [0.2, 0.25) is 0 Å². The van der Waals surface area contributed by atoms with Crippen molar-refractivity contribution in [3.63, 3.8) is 0 Å². The molecule has 1 aliphatic rings. The average Bonchev–Trinajstić information content (AvgIpc) is 3.18. The summed E-state index contributed by atoms with van der Waals surface area (Å²) in [5.74, 6) is -0.456. The molecular formula is C13H13F3O3. The summed E-state index contributed by atoms with van der Waals surface area (Å²) in [6.07, 6.45) is -2.53. The number of carbonyl (C=O) groups excluding carboxylic acids is 1. The smallest absolute Gasteiger partial charge is 0.417 e. The number of benzene rings is 1. The number of methoxy groups -OCH3 is 1. The van der Waals surface area contributed by atoms with Gasteiger partial charge in [-0.1, -0.05) is 0 Å². The number of halogens is 3. The fraction of sp³-hybridized carbons (Fsp3) is 0.462. The van der Waals surface area contributed by atoms with Crippen molar-refractivity contribution < 1.29 is 27.4 Å². The molecule has 3 nitrogen and oxygen atoms in total. The lowest BCUT2D eigenvalue weighted by Gasteiger charge is -2.13. The van der Waals surface area contributed by atoms with Gasteiger partial charge in [-0.3, -0.25) is 0 Å². The molecule has 1 aromatic carbocycles. The van der Waals surface area contributed by atoms with E-state index >= 15 is 0 Å². The molecule has 0 atom stereocenters. The lowest BCUT2D eigenvalue weighted by atomic mass is 10.1. The molecule has 0 saturated heterocycles. The number of carbonyl (C=O) groups is 1. The van der Waals surface area contributed by atoms with Gasteiger partial charge in [0.2, 0.25) is 0 Å². The summed E-state index contributed by atoms with van der Waals surface area (Å²) in [7, 11) is 1.04. The second-order valence-electron chi connectivity index (χ2n) is 4.45. The second-order valence-corrected chi connectivity index (χ2v) is 4.45. The standard InChI is InChI=1S/C13H13F3O3/c1-18-12(17)10-5-4-9(19-7-8-2-3-8)6-11(10)13(14,15)16/h4-6,8H,2-3,7H2,1H3. The molecule has 0 radical (unpaired) electrons. The Morgan fingerprint density at radius 3 is 2.58 bits per heavy atom. The lowest BCUT2D eigenvalue weighted by molar-refractivity contribution is -0.138. The fourth-order valence-electron chi connectivity index (χ4n) is 1.63.